The number of nitrogens with one attached hydrogen (secondary N) is 1. The van der Waals surface area contributed by atoms with E-state index in [4.69, 9.17) is 0 Å². The number of halogens is 4. The zero-order chi connectivity index (χ0) is 19.4. The summed E-state index contributed by atoms with van der Waals surface area (Å²) in [7, 11) is 1.70. The van der Waals surface area contributed by atoms with Gasteiger partial charge in [-0.1, -0.05) is 19.8 Å². The predicted molar refractivity (Wildman–Crippen MR) is 115 cm³/mol. The van der Waals surface area contributed by atoms with E-state index in [0.717, 1.165) is 25.9 Å². The van der Waals surface area contributed by atoms with Crippen LogP contribution in [-0.4, -0.2) is 53.3 Å². The number of piperidine rings is 1. The summed E-state index contributed by atoms with van der Waals surface area (Å²) in [6.07, 6.45) is 4.91. The van der Waals surface area contributed by atoms with E-state index in [1.54, 1.807) is 13.2 Å². The molecule has 1 aromatic rings. The average Bonchev–Trinajstić information content (AvgIpc) is 3.17. The van der Waals surface area contributed by atoms with Crippen molar-refractivity contribution in [3.63, 3.8) is 0 Å². The van der Waals surface area contributed by atoms with Gasteiger partial charge in [0, 0.05) is 39.1 Å². The van der Waals surface area contributed by atoms with Crippen molar-refractivity contribution in [3.05, 3.63) is 18.7 Å². The molecule has 1 N–H and O–H groups in total. The third kappa shape index (κ3) is 5.54. The highest BCUT2D eigenvalue weighted by atomic mass is 127. The first-order valence-electron chi connectivity index (χ1n) is 9.90. The first-order chi connectivity index (χ1) is 12.9. The van der Waals surface area contributed by atoms with Gasteiger partial charge in [-0.25, -0.2) is 4.98 Å². The highest BCUT2D eigenvalue weighted by molar-refractivity contribution is 14.0. The molecule has 3 rings (SSSR count). The van der Waals surface area contributed by atoms with Gasteiger partial charge < -0.3 is 14.8 Å². The largest absolute Gasteiger partial charge is 0.392 e. The van der Waals surface area contributed by atoms with E-state index in [0.29, 0.717) is 31.3 Å². The summed E-state index contributed by atoms with van der Waals surface area (Å²) in [6, 6.07) is 0.289. The maximum atomic E-state index is 13.3. The molecule has 9 heteroatoms. The Morgan fingerprint density at radius 1 is 1.25 bits per heavy atom. The number of likely N-dealkylation sites (tertiary alicyclic amines) is 1. The maximum absolute atomic E-state index is 13.3. The van der Waals surface area contributed by atoms with Crippen LogP contribution in [-0.2, 0) is 0 Å². The quantitative estimate of drug-likeness (QED) is 0.372. The highest BCUT2D eigenvalue weighted by Gasteiger charge is 2.45. The minimum absolute atomic E-state index is 0. The minimum atomic E-state index is -4.11. The van der Waals surface area contributed by atoms with E-state index in [1.807, 2.05) is 12.5 Å². The predicted octanol–water partition coefficient (Wildman–Crippen LogP) is 4.33. The molecule has 1 saturated heterocycles. The molecule has 2 fully saturated rings. The summed E-state index contributed by atoms with van der Waals surface area (Å²) in [4.78, 5) is 10.7. The van der Waals surface area contributed by atoms with Crippen molar-refractivity contribution in [2.45, 2.75) is 51.2 Å². The molecule has 1 saturated carbocycles. The Morgan fingerprint density at radius 3 is 2.64 bits per heavy atom. The zero-order valence-corrected chi connectivity index (χ0v) is 18.9. The Labute approximate surface area is 182 Å². The monoisotopic (exact) mass is 513 g/mol. The van der Waals surface area contributed by atoms with Crippen molar-refractivity contribution in [2.24, 2.45) is 22.7 Å². The van der Waals surface area contributed by atoms with Crippen LogP contribution in [0, 0.1) is 17.8 Å². The summed E-state index contributed by atoms with van der Waals surface area (Å²) in [5.41, 5.74) is 0. The van der Waals surface area contributed by atoms with Crippen LogP contribution in [0.25, 0.3) is 0 Å². The van der Waals surface area contributed by atoms with Crippen molar-refractivity contribution in [3.8, 4) is 0 Å². The molecule has 2 aliphatic rings. The molecule has 0 radical (unpaired) electrons. The van der Waals surface area contributed by atoms with E-state index in [9.17, 15) is 13.2 Å². The van der Waals surface area contributed by atoms with Gasteiger partial charge in [0.15, 0.2) is 5.96 Å². The third-order valence-electron chi connectivity index (χ3n) is 6.19. The number of aliphatic imine (C=N–C) groups is 1. The topological polar surface area (TPSA) is 45.5 Å². The standard InChI is InChI=1S/C19H30F3N5.HI/c1-14-7-9-26(12-17(14)27-10-8-24-13-27)18(23-2)25-11-15-5-3-4-6-16(15)19(20,21)22;/h8,10,13-17H,3-7,9,11-12H2,1-2H3,(H,23,25);1H. The Morgan fingerprint density at radius 2 is 2.00 bits per heavy atom. The molecular formula is C19H31F3IN5. The fourth-order valence-electron chi connectivity index (χ4n) is 4.53. The second-order valence-corrected chi connectivity index (χ2v) is 7.91. The number of rotatable bonds is 3. The highest BCUT2D eigenvalue weighted by Crippen LogP contribution is 2.41. The molecule has 1 aliphatic heterocycles. The summed E-state index contributed by atoms with van der Waals surface area (Å²) >= 11 is 0. The second kappa shape index (κ2) is 10.2. The maximum Gasteiger partial charge on any atom is 0.392 e. The van der Waals surface area contributed by atoms with Gasteiger partial charge in [-0.05, 0) is 31.1 Å². The molecule has 0 bridgehead atoms. The van der Waals surface area contributed by atoms with Gasteiger partial charge in [-0.15, -0.1) is 24.0 Å². The van der Waals surface area contributed by atoms with Crippen molar-refractivity contribution in [2.75, 3.05) is 26.7 Å². The first-order valence-corrected chi connectivity index (χ1v) is 9.90. The number of aromatic nitrogens is 2. The van der Waals surface area contributed by atoms with Gasteiger partial charge in [-0.3, -0.25) is 4.99 Å². The fraction of sp³-hybridized carbons (Fsp3) is 0.789. The van der Waals surface area contributed by atoms with Crippen LogP contribution in [0.5, 0.6) is 0 Å². The van der Waals surface area contributed by atoms with Gasteiger partial charge in [0.2, 0.25) is 0 Å². The Kier molecular flexibility index (Phi) is 8.44. The summed E-state index contributed by atoms with van der Waals surface area (Å²) in [6.45, 7) is 4.21. The van der Waals surface area contributed by atoms with Crippen molar-refractivity contribution in [1.29, 1.82) is 0 Å². The molecule has 160 valence electrons. The number of nitrogens with zero attached hydrogens (tertiary/aromatic N) is 4. The SMILES string of the molecule is CN=C(NCC1CCCCC1C(F)(F)F)N1CCC(C)C(n2ccnc2)C1.I. The number of hydrogen-bond donors (Lipinski definition) is 1. The van der Waals surface area contributed by atoms with Crippen molar-refractivity contribution >= 4 is 29.9 Å². The van der Waals surface area contributed by atoms with E-state index >= 15 is 0 Å². The minimum Gasteiger partial charge on any atom is -0.356 e. The molecule has 1 aromatic heterocycles. The van der Waals surface area contributed by atoms with Gasteiger partial charge in [0.05, 0.1) is 18.3 Å². The Hall–Kier alpha value is -1.00. The van der Waals surface area contributed by atoms with Crippen LogP contribution in [0.4, 0.5) is 13.2 Å². The summed E-state index contributed by atoms with van der Waals surface area (Å²) < 4.78 is 42.1. The number of guanidine groups is 1. The van der Waals surface area contributed by atoms with Gasteiger partial charge in [-0.2, -0.15) is 13.2 Å². The van der Waals surface area contributed by atoms with Crippen molar-refractivity contribution < 1.29 is 13.2 Å². The van der Waals surface area contributed by atoms with Crippen LogP contribution in [0.2, 0.25) is 0 Å². The van der Waals surface area contributed by atoms with Crippen molar-refractivity contribution in [1.82, 2.24) is 19.8 Å². The van der Waals surface area contributed by atoms with E-state index < -0.39 is 12.1 Å². The summed E-state index contributed by atoms with van der Waals surface area (Å²) in [5.74, 6) is -0.347. The van der Waals surface area contributed by atoms with Gasteiger partial charge >= 0.3 is 6.18 Å². The van der Waals surface area contributed by atoms with Gasteiger partial charge in [0.1, 0.15) is 0 Å². The second-order valence-electron chi connectivity index (χ2n) is 7.91. The molecule has 0 aromatic carbocycles. The lowest BCUT2D eigenvalue weighted by molar-refractivity contribution is -0.195. The lowest BCUT2D eigenvalue weighted by Crippen LogP contribution is -2.50. The number of alkyl halides is 3. The van der Waals surface area contributed by atoms with Crippen LogP contribution in [0.15, 0.2) is 23.7 Å². The first kappa shape index (κ1) is 23.3. The lowest BCUT2D eigenvalue weighted by atomic mass is 9.79. The van der Waals surface area contributed by atoms with Crippen LogP contribution in [0.3, 0.4) is 0 Å². The Balaban J connectivity index is 0.00000280. The lowest BCUT2D eigenvalue weighted by Gasteiger charge is -2.40. The average molecular weight is 513 g/mol. The molecular weight excluding hydrogens is 482 g/mol. The van der Waals surface area contributed by atoms with Crippen LogP contribution < -0.4 is 5.32 Å². The molecule has 4 atom stereocenters. The summed E-state index contributed by atoms with van der Waals surface area (Å²) in [5, 5.41) is 3.24. The van der Waals surface area contributed by atoms with Crippen LogP contribution >= 0.6 is 24.0 Å². The molecule has 0 spiro atoms. The molecule has 4 unspecified atom stereocenters. The van der Waals surface area contributed by atoms with E-state index in [-0.39, 0.29) is 42.4 Å². The molecule has 1 aliphatic carbocycles. The molecule has 0 amide bonds. The van der Waals surface area contributed by atoms with Crippen LogP contribution in [0.1, 0.15) is 45.1 Å². The van der Waals surface area contributed by atoms with E-state index in [2.05, 4.69) is 31.7 Å². The van der Waals surface area contributed by atoms with E-state index in [1.165, 1.54) is 0 Å². The molecule has 28 heavy (non-hydrogen) atoms. The number of imidazole rings is 1. The molecule has 5 nitrogen and oxygen atoms in total. The fourth-order valence-corrected chi connectivity index (χ4v) is 4.53. The zero-order valence-electron chi connectivity index (χ0n) is 16.5. The third-order valence-corrected chi connectivity index (χ3v) is 6.19. The smallest absolute Gasteiger partial charge is 0.356 e. The Bertz CT molecular complexity index is 620. The number of hydrogen-bond acceptors (Lipinski definition) is 2. The molecule has 2 heterocycles. The van der Waals surface area contributed by atoms with Gasteiger partial charge in [0.25, 0.3) is 0 Å². The normalized spacial score (nSPS) is 29.3.